The Hall–Kier alpha value is -1.75. The van der Waals surface area contributed by atoms with E-state index in [9.17, 15) is 4.79 Å². The zero-order valence-corrected chi connectivity index (χ0v) is 16.2. The van der Waals surface area contributed by atoms with E-state index >= 15 is 0 Å². The van der Waals surface area contributed by atoms with Gasteiger partial charge in [-0.1, -0.05) is 26.8 Å². The highest BCUT2D eigenvalue weighted by molar-refractivity contribution is 5.78. The van der Waals surface area contributed by atoms with E-state index in [0.29, 0.717) is 18.4 Å². The lowest BCUT2D eigenvalue weighted by Gasteiger charge is -2.36. The summed E-state index contributed by atoms with van der Waals surface area (Å²) in [6.07, 6.45) is 1.22. The monoisotopic (exact) mass is 348 g/mol. The number of benzene rings is 1. The van der Waals surface area contributed by atoms with Crippen LogP contribution in [-0.2, 0) is 11.3 Å². The minimum Gasteiger partial charge on any atom is -0.493 e. The first-order valence-electron chi connectivity index (χ1n) is 9.17. The number of nitrogens with zero attached hydrogens (tertiary/aromatic N) is 2. The number of carbonyl (C=O) groups excluding carboxylic acids is 1. The van der Waals surface area contributed by atoms with E-state index in [-0.39, 0.29) is 5.91 Å². The van der Waals surface area contributed by atoms with Crippen LogP contribution >= 0.6 is 0 Å². The standard InChI is InChI=1S/C20H32N2O3/c1-6-21(13-17-7-8-18(24-4)19(10-17)25-5)14-20(23)22-11-15(2)9-16(3)12-22/h7-8,10,15-16H,6,9,11-14H2,1-5H3. The Morgan fingerprint density at radius 1 is 1.16 bits per heavy atom. The van der Waals surface area contributed by atoms with Gasteiger partial charge in [0.15, 0.2) is 11.5 Å². The van der Waals surface area contributed by atoms with Crippen LogP contribution in [-0.4, -0.2) is 56.1 Å². The van der Waals surface area contributed by atoms with Crippen LogP contribution in [0.15, 0.2) is 18.2 Å². The van der Waals surface area contributed by atoms with E-state index in [0.717, 1.165) is 43.2 Å². The fourth-order valence-electron chi connectivity index (χ4n) is 3.67. The normalized spacial score (nSPS) is 20.6. The molecule has 5 nitrogen and oxygen atoms in total. The molecule has 0 bridgehead atoms. The zero-order valence-electron chi connectivity index (χ0n) is 16.2. The molecule has 1 saturated heterocycles. The summed E-state index contributed by atoms with van der Waals surface area (Å²) in [5.74, 6) is 2.87. The van der Waals surface area contributed by atoms with Gasteiger partial charge in [0.25, 0.3) is 0 Å². The van der Waals surface area contributed by atoms with Gasteiger partial charge in [0.05, 0.1) is 20.8 Å². The summed E-state index contributed by atoms with van der Waals surface area (Å²) in [5.41, 5.74) is 1.12. The molecule has 1 heterocycles. The second-order valence-corrected chi connectivity index (χ2v) is 7.24. The Balaban J connectivity index is 1.99. The predicted octanol–water partition coefficient (Wildman–Crippen LogP) is 3.03. The molecule has 1 aromatic rings. The molecule has 1 amide bonds. The maximum atomic E-state index is 12.7. The number of carbonyl (C=O) groups is 1. The number of rotatable bonds is 7. The third-order valence-corrected chi connectivity index (χ3v) is 4.88. The molecule has 0 aliphatic carbocycles. The molecule has 2 atom stereocenters. The third-order valence-electron chi connectivity index (χ3n) is 4.88. The lowest BCUT2D eigenvalue weighted by Crippen LogP contribution is -2.46. The summed E-state index contributed by atoms with van der Waals surface area (Å²) in [6, 6.07) is 5.92. The Labute approximate surface area is 151 Å². The van der Waals surface area contributed by atoms with Gasteiger partial charge < -0.3 is 14.4 Å². The maximum absolute atomic E-state index is 12.7. The molecule has 0 saturated carbocycles. The van der Waals surface area contributed by atoms with Gasteiger partial charge in [-0.25, -0.2) is 0 Å². The van der Waals surface area contributed by atoms with Gasteiger partial charge in [0.2, 0.25) is 5.91 Å². The molecule has 0 radical (unpaired) electrons. The average Bonchev–Trinajstić information content (AvgIpc) is 2.59. The lowest BCUT2D eigenvalue weighted by molar-refractivity contribution is -0.135. The summed E-state index contributed by atoms with van der Waals surface area (Å²) in [7, 11) is 3.27. The van der Waals surface area contributed by atoms with Crippen molar-refractivity contribution >= 4 is 5.91 Å². The number of hydrogen-bond acceptors (Lipinski definition) is 4. The molecular weight excluding hydrogens is 316 g/mol. The number of ether oxygens (including phenoxy) is 2. The quantitative estimate of drug-likeness (QED) is 0.760. The Bertz CT molecular complexity index is 566. The Kier molecular flexibility index (Phi) is 7.12. The van der Waals surface area contributed by atoms with Crippen LogP contribution in [0.1, 0.15) is 32.8 Å². The van der Waals surface area contributed by atoms with Crippen LogP contribution < -0.4 is 9.47 Å². The largest absolute Gasteiger partial charge is 0.493 e. The molecule has 0 spiro atoms. The van der Waals surface area contributed by atoms with Crippen LogP contribution in [0.3, 0.4) is 0 Å². The second kappa shape index (κ2) is 9.09. The number of piperidine rings is 1. The lowest BCUT2D eigenvalue weighted by atomic mass is 9.92. The van der Waals surface area contributed by atoms with Gasteiger partial charge in [-0.15, -0.1) is 0 Å². The van der Waals surface area contributed by atoms with Crippen molar-refractivity contribution in [2.24, 2.45) is 11.8 Å². The van der Waals surface area contributed by atoms with Gasteiger partial charge in [-0.2, -0.15) is 0 Å². The zero-order chi connectivity index (χ0) is 18.4. The molecule has 2 unspecified atom stereocenters. The van der Waals surface area contributed by atoms with E-state index in [2.05, 4.69) is 25.7 Å². The number of hydrogen-bond donors (Lipinski definition) is 0. The minimum atomic E-state index is 0.237. The van der Waals surface area contributed by atoms with Gasteiger partial charge >= 0.3 is 0 Å². The van der Waals surface area contributed by atoms with Crippen molar-refractivity contribution in [1.82, 2.24) is 9.80 Å². The highest BCUT2D eigenvalue weighted by Crippen LogP contribution is 2.28. The van der Waals surface area contributed by atoms with Crippen LogP contribution in [0, 0.1) is 11.8 Å². The fraction of sp³-hybridized carbons (Fsp3) is 0.650. The van der Waals surface area contributed by atoms with E-state index in [4.69, 9.17) is 9.47 Å². The van der Waals surface area contributed by atoms with Crippen LogP contribution in [0.5, 0.6) is 11.5 Å². The van der Waals surface area contributed by atoms with Crippen LogP contribution in [0.4, 0.5) is 0 Å². The van der Waals surface area contributed by atoms with Gasteiger partial charge in [0, 0.05) is 19.6 Å². The second-order valence-electron chi connectivity index (χ2n) is 7.24. The molecule has 5 heteroatoms. The van der Waals surface area contributed by atoms with Crippen LogP contribution in [0.25, 0.3) is 0 Å². The first-order chi connectivity index (χ1) is 12.0. The van der Waals surface area contributed by atoms with Gasteiger partial charge in [-0.05, 0) is 42.5 Å². The summed E-state index contributed by atoms with van der Waals surface area (Å²) < 4.78 is 10.7. The number of amides is 1. The number of likely N-dealkylation sites (tertiary alicyclic amines) is 1. The molecule has 1 aliphatic heterocycles. The summed E-state index contributed by atoms with van der Waals surface area (Å²) in [4.78, 5) is 16.9. The van der Waals surface area contributed by atoms with E-state index < -0.39 is 0 Å². The molecule has 25 heavy (non-hydrogen) atoms. The van der Waals surface area contributed by atoms with Crippen molar-refractivity contribution in [3.63, 3.8) is 0 Å². The van der Waals surface area contributed by atoms with Crippen molar-refractivity contribution in [2.75, 3.05) is 40.4 Å². The maximum Gasteiger partial charge on any atom is 0.236 e. The van der Waals surface area contributed by atoms with E-state index in [1.54, 1.807) is 14.2 Å². The van der Waals surface area contributed by atoms with Crippen molar-refractivity contribution < 1.29 is 14.3 Å². The molecule has 2 rings (SSSR count). The fourth-order valence-corrected chi connectivity index (χ4v) is 3.67. The molecular formula is C20H32N2O3. The molecule has 0 aromatic heterocycles. The smallest absolute Gasteiger partial charge is 0.236 e. The topological polar surface area (TPSA) is 42.0 Å². The molecule has 0 N–H and O–H groups in total. The van der Waals surface area contributed by atoms with Crippen molar-refractivity contribution in [3.05, 3.63) is 23.8 Å². The highest BCUT2D eigenvalue weighted by atomic mass is 16.5. The van der Waals surface area contributed by atoms with Crippen LogP contribution in [0.2, 0.25) is 0 Å². The summed E-state index contributed by atoms with van der Waals surface area (Å²) in [6.45, 7) is 10.4. The summed E-state index contributed by atoms with van der Waals surface area (Å²) in [5, 5.41) is 0. The molecule has 1 fully saturated rings. The summed E-state index contributed by atoms with van der Waals surface area (Å²) >= 11 is 0. The molecule has 1 aliphatic rings. The minimum absolute atomic E-state index is 0.237. The van der Waals surface area contributed by atoms with Crippen molar-refractivity contribution in [3.8, 4) is 11.5 Å². The van der Waals surface area contributed by atoms with Gasteiger partial charge in [-0.3, -0.25) is 9.69 Å². The average molecular weight is 348 g/mol. The molecule has 140 valence electrons. The first-order valence-corrected chi connectivity index (χ1v) is 9.17. The predicted molar refractivity (Wildman–Crippen MR) is 100 cm³/mol. The van der Waals surface area contributed by atoms with E-state index in [1.165, 1.54) is 6.42 Å². The number of methoxy groups -OCH3 is 2. The highest BCUT2D eigenvalue weighted by Gasteiger charge is 2.26. The van der Waals surface area contributed by atoms with E-state index in [1.807, 2.05) is 23.1 Å². The SMILES string of the molecule is CCN(CC(=O)N1CC(C)CC(C)C1)Cc1ccc(OC)c(OC)c1. The van der Waals surface area contributed by atoms with Crippen molar-refractivity contribution in [1.29, 1.82) is 0 Å². The Morgan fingerprint density at radius 3 is 2.36 bits per heavy atom. The third kappa shape index (κ3) is 5.36. The van der Waals surface area contributed by atoms with Gasteiger partial charge in [0.1, 0.15) is 0 Å². The van der Waals surface area contributed by atoms with Crippen molar-refractivity contribution in [2.45, 2.75) is 33.7 Å². The molecule has 1 aromatic carbocycles. The Morgan fingerprint density at radius 2 is 1.80 bits per heavy atom. The number of likely N-dealkylation sites (N-methyl/N-ethyl adjacent to an activating group) is 1. The first kappa shape index (κ1) is 19.6.